The molecule has 1 aliphatic rings. The van der Waals surface area contributed by atoms with Crippen molar-refractivity contribution in [3.8, 4) is 0 Å². The van der Waals surface area contributed by atoms with Gasteiger partial charge in [0.2, 0.25) is 0 Å². The van der Waals surface area contributed by atoms with Crippen LogP contribution in [0.1, 0.15) is 40.1 Å². The zero-order valence-corrected chi connectivity index (χ0v) is 13.9. The maximum Gasteiger partial charge on any atom is 0.185 e. The zero-order valence-electron chi connectivity index (χ0n) is 12.3. The molecule has 0 aliphatic heterocycles. The number of aryl methyl sites for hydroxylation is 2. The monoisotopic (exact) mass is 314 g/mol. The normalized spacial score (nSPS) is 19.6. The Bertz CT molecular complexity index is 668. The number of ketones is 1. The number of carbonyl (C=O) groups excluding carboxylic acids is 1. The van der Waals surface area contributed by atoms with Gasteiger partial charge in [0, 0.05) is 20.9 Å². The smallest absolute Gasteiger partial charge is 0.185 e. The van der Waals surface area contributed by atoms with E-state index in [1.54, 1.807) is 22.7 Å². The molecule has 3 heteroatoms. The van der Waals surface area contributed by atoms with Crippen LogP contribution in [0.4, 0.5) is 0 Å². The van der Waals surface area contributed by atoms with Crippen LogP contribution in [-0.2, 0) is 4.79 Å². The van der Waals surface area contributed by atoms with E-state index in [1.807, 2.05) is 0 Å². The molecule has 1 fully saturated rings. The third-order valence-corrected chi connectivity index (χ3v) is 5.82. The summed E-state index contributed by atoms with van der Waals surface area (Å²) in [6.07, 6.45) is 7.05. The molecule has 108 valence electrons. The predicted octanol–water partition coefficient (Wildman–Crippen LogP) is 5.65. The Hall–Kier alpha value is -1.45. The van der Waals surface area contributed by atoms with E-state index in [9.17, 15) is 4.79 Å². The van der Waals surface area contributed by atoms with Gasteiger partial charge in [-0.05, 0) is 79.3 Å². The molecule has 1 aliphatic carbocycles. The molecule has 2 aromatic heterocycles. The van der Waals surface area contributed by atoms with Crippen LogP contribution in [0.15, 0.2) is 34.0 Å². The van der Waals surface area contributed by atoms with Gasteiger partial charge in [-0.2, -0.15) is 0 Å². The minimum atomic E-state index is 0.238. The predicted molar refractivity (Wildman–Crippen MR) is 92.9 cm³/mol. The van der Waals surface area contributed by atoms with Crippen LogP contribution >= 0.6 is 22.7 Å². The van der Waals surface area contributed by atoms with Gasteiger partial charge < -0.3 is 0 Å². The quantitative estimate of drug-likeness (QED) is 0.655. The minimum Gasteiger partial charge on any atom is -0.289 e. The molecule has 2 aromatic rings. The second kappa shape index (κ2) is 6.12. The van der Waals surface area contributed by atoms with Crippen molar-refractivity contribution in [3.05, 3.63) is 54.9 Å². The van der Waals surface area contributed by atoms with Gasteiger partial charge in [0.15, 0.2) is 5.78 Å². The van der Waals surface area contributed by atoms with Crippen LogP contribution in [0.2, 0.25) is 0 Å². The highest BCUT2D eigenvalue weighted by Crippen LogP contribution is 2.31. The summed E-state index contributed by atoms with van der Waals surface area (Å²) >= 11 is 3.42. The number of carbonyl (C=O) groups is 1. The molecule has 0 amide bonds. The Kier molecular flexibility index (Phi) is 4.22. The van der Waals surface area contributed by atoms with Crippen molar-refractivity contribution in [2.24, 2.45) is 0 Å². The maximum atomic E-state index is 12.7. The summed E-state index contributed by atoms with van der Waals surface area (Å²) in [5.74, 6) is 0.238. The molecule has 21 heavy (non-hydrogen) atoms. The Balaban J connectivity index is 1.91. The number of hydrogen-bond donors (Lipinski definition) is 0. The fraction of sp³-hybridized carbons (Fsp3) is 0.278. The fourth-order valence-electron chi connectivity index (χ4n) is 2.56. The molecule has 1 saturated carbocycles. The molecule has 0 radical (unpaired) electrons. The van der Waals surface area contributed by atoms with Crippen molar-refractivity contribution in [2.75, 3.05) is 0 Å². The lowest BCUT2D eigenvalue weighted by molar-refractivity contribution is -0.112. The highest BCUT2D eigenvalue weighted by atomic mass is 32.1. The molecular formula is C18H18OS2. The largest absolute Gasteiger partial charge is 0.289 e. The SMILES string of the molecule is Cc1ccsc1C=C1CCC/C(=C\c2sccc2C)C1=O. The highest BCUT2D eigenvalue weighted by Gasteiger charge is 2.21. The number of hydrogen-bond acceptors (Lipinski definition) is 3. The molecule has 0 saturated heterocycles. The van der Waals surface area contributed by atoms with Crippen LogP contribution < -0.4 is 0 Å². The van der Waals surface area contributed by atoms with Crippen molar-refractivity contribution in [1.82, 2.24) is 0 Å². The number of rotatable bonds is 2. The average Bonchev–Trinajstić information content (AvgIpc) is 3.04. The van der Waals surface area contributed by atoms with Crippen molar-refractivity contribution >= 4 is 40.6 Å². The van der Waals surface area contributed by atoms with Gasteiger partial charge in [-0.3, -0.25) is 4.79 Å². The molecule has 0 N–H and O–H groups in total. The van der Waals surface area contributed by atoms with Crippen LogP contribution in [0.25, 0.3) is 12.2 Å². The van der Waals surface area contributed by atoms with E-state index in [1.165, 1.54) is 20.9 Å². The zero-order chi connectivity index (χ0) is 14.8. The number of Topliss-reactive ketones (excluding diaryl/α,β-unsaturated/α-hetero) is 1. The first kappa shape index (κ1) is 14.5. The van der Waals surface area contributed by atoms with E-state index < -0.39 is 0 Å². The maximum absolute atomic E-state index is 12.7. The molecule has 3 rings (SSSR count). The summed E-state index contributed by atoms with van der Waals surface area (Å²) in [6, 6.07) is 4.21. The third-order valence-electron chi connectivity index (χ3n) is 3.89. The van der Waals surface area contributed by atoms with Crippen LogP contribution in [0.5, 0.6) is 0 Å². The minimum absolute atomic E-state index is 0.238. The summed E-state index contributed by atoms with van der Waals surface area (Å²) in [5.41, 5.74) is 4.44. The van der Waals surface area contributed by atoms with Gasteiger partial charge in [0.1, 0.15) is 0 Å². The summed E-state index contributed by atoms with van der Waals surface area (Å²) in [5, 5.41) is 4.17. The fourth-order valence-corrected chi connectivity index (χ4v) is 4.33. The molecule has 2 heterocycles. The van der Waals surface area contributed by atoms with Gasteiger partial charge in [0.25, 0.3) is 0 Å². The average molecular weight is 314 g/mol. The summed E-state index contributed by atoms with van der Waals surface area (Å²) < 4.78 is 0. The van der Waals surface area contributed by atoms with E-state index in [0.717, 1.165) is 30.4 Å². The van der Waals surface area contributed by atoms with Gasteiger partial charge in [-0.25, -0.2) is 0 Å². The first-order valence-corrected chi connectivity index (χ1v) is 8.95. The van der Waals surface area contributed by atoms with Gasteiger partial charge in [-0.1, -0.05) is 0 Å². The lowest BCUT2D eigenvalue weighted by Crippen LogP contribution is -2.12. The molecule has 0 spiro atoms. The second-order valence-corrected chi connectivity index (χ2v) is 7.35. The van der Waals surface area contributed by atoms with Crippen molar-refractivity contribution in [3.63, 3.8) is 0 Å². The van der Waals surface area contributed by atoms with Crippen LogP contribution in [-0.4, -0.2) is 5.78 Å². The van der Waals surface area contributed by atoms with E-state index in [2.05, 4.69) is 48.9 Å². The molecule has 0 bridgehead atoms. The first-order chi connectivity index (χ1) is 10.1. The van der Waals surface area contributed by atoms with Crippen molar-refractivity contribution < 1.29 is 4.79 Å². The van der Waals surface area contributed by atoms with Gasteiger partial charge >= 0.3 is 0 Å². The number of thiophene rings is 2. The Morgan fingerprint density at radius 3 is 1.76 bits per heavy atom. The van der Waals surface area contributed by atoms with E-state index in [-0.39, 0.29) is 5.78 Å². The Morgan fingerprint density at radius 2 is 1.38 bits per heavy atom. The lowest BCUT2D eigenvalue weighted by Gasteiger charge is -2.16. The van der Waals surface area contributed by atoms with Crippen LogP contribution in [0.3, 0.4) is 0 Å². The molecule has 0 unspecified atom stereocenters. The summed E-state index contributed by atoms with van der Waals surface area (Å²) in [4.78, 5) is 15.1. The summed E-state index contributed by atoms with van der Waals surface area (Å²) in [7, 11) is 0. The van der Waals surface area contributed by atoms with Crippen LogP contribution in [0, 0.1) is 13.8 Å². The second-order valence-electron chi connectivity index (χ2n) is 5.46. The van der Waals surface area contributed by atoms with Crippen molar-refractivity contribution in [1.29, 1.82) is 0 Å². The number of allylic oxidation sites excluding steroid dienone is 2. The molecule has 1 nitrogen and oxygen atoms in total. The lowest BCUT2D eigenvalue weighted by atomic mass is 9.88. The standard InChI is InChI=1S/C18H18OS2/c1-12-6-8-20-16(12)10-14-4-3-5-15(18(14)19)11-17-13(2)7-9-21-17/h6-11H,3-5H2,1-2H3/b14-10+,15-11?. The molecular weight excluding hydrogens is 296 g/mol. The van der Waals surface area contributed by atoms with Crippen molar-refractivity contribution in [2.45, 2.75) is 33.1 Å². The topological polar surface area (TPSA) is 17.1 Å². The van der Waals surface area contributed by atoms with Gasteiger partial charge in [0.05, 0.1) is 0 Å². The first-order valence-electron chi connectivity index (χ1n) is 7.19. The van der Waals surface area contributed by atoms with E-state index in [4.69, 9.17) is 0 Å². The molecule has 0 aromatic carbocycles. The third kappa shape index (κ3) is 3.09. The summed E-state index contributed by atoms with van der Waals surface area (Å²) in [6.45, 7) is 4.20. The Morgan fingerprint density at radius 1 is 0.905 bits per heavy atom. The highest BCUT2D eigenvalue weighted by molar-refractivity contribution is 7.11. The van der Waals surface area contributed by atoms with E-state index in [0.29, 0.717) is 0 Å². The van der Waals surface area contributed by atoms with Gasteiger partial charge in [-0.15, -0.1) is 22.7 Å². The molecule has 0 atom stereocenters. The Labute approximate surface area is 133 Å². The van der Waals surface area contributed by atoms with E-state index >= 15 is 0 Å².